The van der Waals surface area contributed by atoms with Crippen LogP contribution in [-0.4, -0.2) is 22.5 Å². The third-order valence-electron chi connectivity index (χ3n) is 4.51. The number of aryl methyl sites for hydroxylation is 1. The van der Waals surface area contributed by atoms with Crippen LogP contribution in [0.4, 0.5) is 0 Å². The van der Waals surface area contributed by atoms with Gasteiger partial charge in [0.15, 0.2) is 4.96 Å². The Kier molecular flexibility index (Phi) is 4.29. The molecule has 0 amide bonds. The first kappa shape index (κ1) is 15.7. The van der Waals surface area contributed by atoms with Gasteiger partial charge in [0.25, 0.3) is 0 Å². The molecule has 0 saturated carbocycles. The van der Waals surface area contributed by atoms with Crippen molar-refractivity contribution in [3.05, 3.63) is 40.5 Å². The Morgan fingerprint density at radius 1 is 1.25 bits per heavy atom. The molecule has 0 radical (unpaired) electrons. The van der Waals surface area contributed by atoms with Crippen LogP contribution in [0.25, 0.3) is 16.2 Å². The molecule has 3 aromatic rings. The lowest BCUT2D eigenvalue weighted by atomic mass is 10.1. The van der Waals surface area contributed by atoms with Crippen molar-refractivity contribution in [2.24, 2.45) is 0 Å². The average molecular weight is 341 g/mol. The highest BCUT2D eigenvalue weighted by atomic mass is 32.1. The van der Waals surface area contributed by atoms with Gasteiger partial charge in [-0.1, -0.05) is 25.2 Å². The molecule has 3 heterocycles. The number of nitrogens with one attached hydrogen (secondary N) is 1. The van der Waals surface area contributed by atoms with Gasteiger partial charge in [0.05, 0.1) is 18.0 Å². The second kappa shape index (κ2) is 6.57. The molecular weight excluding hydrogens is 318 g/mol. The minimum atomic E-state index is 0.764. The van der Waals surface area contributed by atoms with Crippen LogP contribution in [0.1, 0.15) is 36.5 Å². The van der Waals surface area contributed by atoms with Gasteiger partial charge in [-0.25, -0.2) is 4.98 Å². The zero-order valence-corrected chi connectivity index (χ0v) is 15.1. The first-order valence-corrected chi connectivity index (χ1v) is 9.59. The van der Waals surface area contributed by atoms with Gasteiger partial charge in [0.1, 0.15) is 5.75 Å². The molecule has 2 aromatic heterocycles. The first-order chi connectivity index (χ1) is 11.8. The summed E-state index contributed by atoms with van der Waals surface area (Å²) < 4.78 is 8.09. The molecule has 1 N–H and O–H groups in total. The number of aromatic nitrogens is 2. The van der Waals surface area contributed by atoms with Gasteiger partial charge in [0, 0.05) is 35.6 Å². The third kappa shape index (κ3) is 2.62. The van der Waals surface area contributed by atoms with Crippen molar-refractivity contribution in [3.8, 4) is 17.0 Å². The Hall–Kier alpha value is -1.85. The largest absolute Gasteiger partial charge is 0.494 e. The molecule has 0 unspecified atom stereocenters. The average Bonchev–Trinajstić information content (AvgIpc) is 3.16. The number of fused-ring (bicyclic) bond motifs is 3. The highest BCUT2D eigenvalue weighted by Gasteiger charge is 2.22. The maximum atomic E-state index is 5.69. The van der Waals surface area contributed by atoms with Gasteiger partial charge in [-0.3, -0.25) is 4.40 Å². The van der Waals surface area contributed by atoms with Crippen molar-refractivity contribution in [2.45, 2.75) is 39.7 Å². The monoisotopic (exact) mass is 341 g/mol. The van der Waals surface area contributed by atoms with Gasteiger partial charge < -0.3 is 10.1 Å². The molecule has 5 heteroatoms. The van der Waals surface area contributed by atoms with Crippen LogP contribution in [0.2, 0.25) is 0 Å². The summed E-state index contributed by atoms with van der Waals surface area (Å²) in [4.78, 5) is 7.53. The summed E-state index contributed by atoms with van der Waals surface area (Å²) in [5.41, 5.74) is 5.07. The summed E-state index contributed by atoms with van der Waals surface area (Å²) in [6.07, 6.45) is 3.10. The molecule has 0 bridgehead atoms. The molecule has 4 nitrogen and oxygen atoms in total. The predicted molar refractivity (Wildman–Crippen MR) is 99.1 cm³/mol. The molecule has 0 spiro atoms. The van der Waals surface area contributed by atoms with Gasteiger partial charge >= 0.3 is 0 Å². The molecule has 1 aliphatic rings. The van der Waals surface area contributed by atoms with E-state index < -0.39 is 0 Å². The number of hydrogen-bond acceptors (Lipinski definition) is 4. The summed E-state index contributed by atoms with van der Waals surface area (Å²) in [5, 5.41) is 3.45. The van der Waals surface area contributed by atoms with E-state index in [1.165, 1.54) is 21.8 Å². The summed E-state index contributed by atoms with van der Waals surface area (Å²) in [5.74, 6) is 0.933. The van der Waals surface area contributed by atoms with E-state index in [9.17, 15) is 0 Å². The summed E-state index contributed by atoms with van der Waals surface area (Å²) in [6, 6.07) is 8.36. The van der Waals surface area contributed by atoms with E-state index in [2.05, 4.69) is 47.8 Å². The minimum Gasteiger partial charge on any atom is -0.494 e. The number of hydrogen-bond donors (Lipinski definition) is 1. The topological polar surface area (TPSA) is 38.6 Å². The molecule has 1 aromatic carbocycles. The van der Waals surface area contributed by atoms with Crippen molar-refractivity contribution < 1.29 is 4.74 Å². The Bertz CT molecular complexity index is 848. The van der Waals surface area contributed by atoms with Crippen molar-refractivity contribution in [1.29, 1.82) is 0 Å². The lowest BCUT2D eigenvalue weighted by Crippen LogP contribution is -2.23. The fraction of sp³-hybridized carbons (Fsp3) is 0.421. The minimum absolute atomic E-state index is 0.764. The second-order valence-corrected chi connectivity index (χ2v) is 7.21. The van der Waals surface area contributed by atoms with E-state index in [4.69, 9.17) is 9.72 Å². The molecule has 0 atom stereocenters. The van der Waals surface area contributed by atoms with Gasteiger partial charge in [-0.15, -0.1) is 0 Å². The number of nitrogens with zero attached hydrogens (tertiary/aromatic N) is 2. The van der Waals surface area contributed by atoms with E-state index in [0.717, 1.165) is 55.4 Å². The lowest BCUT2D eigenvalue weighted by Gasteiger charge is -2.13. The van der Waals surface area contributed by atoms with Gasteiger partial charge in [0.2, 0.25) is 0 Å². The zero-order valence-electron chi connectivity index (χ0n) is 14.3. The standard InChI is InChI=1S/C19H23N3OS/c1-3-11-23-14-7-5-13(6-8-14)18-15(4-2)22-16-9-10-20-12-17(16)24-19(22)21-18/h5-8,20H,3-4,9-12H2,1-2H3. The van der Waals surface area contributed by atoms with Crippen molar-refractivity contribution >= 4 is 16.3 Å². The number of benzene rings is 1. The van der Waals surface area contributed by atoms with Crippen LogP contribution in [0.15, 0.2) is 24.3 Å². The van der Waals surface area contributed by atoms with Crippen LogP contribution >= 0.6 is 11.3 Å². The van der Waals surface area contributed by atoms with Crippen LogP contribution in [-0.2, 0) is 19.4 Å². The van der Waals surface area contributed by atoms with E-state index in [-0.39, 0.29) is 0 Å². The maximum absolute atomic E-state index is 5.69. The fourth-order valence-corrected chi connectivity index (χ4v) is 4.51. The zero-order chi connectivity index (χ0) is 16.5. The summed E-state index contributed by atoms with van der Waals surface area (Å²) in [7, 11) is 0. The number of ether oxygens (including phenoxy) is 1. The molecule has 0 aliphatic carbocycles. The second-order valence-electron chi connectivity index (χ2n) is 6.15. The number of thiazole rings is 1. The predicted octanol–water partition coefficient (Wildman–Crippen LogP) is 4.06. The van der Waals surface area contributed by atoms with Gasteiger partial charge in [-0.05, 0) is 37.1 Å². The Morgan fingerprint density at radius 2 is 2.08 bits per heavy atom. The molecule has 126 valence electrons. The van der Waals surface area contributed by atoms with Crippen molar-refractivity contribution in [3.63, 3.8) is 0 Å². The van der Waals surface area contributed by atoms with Gasteiger partial charge in [-0.2, -0.15) is 0 Å². The van der Waals surface area contributed by atoms with Crippen molar-refractivity contribution in [2.75, 3.05) is 13.2 Å². The maximum Gasteiger partial charge on any atom is 0.194 e. The fourth-order valence-electron chi connectivity index (χ4n) is 3.36. The number of imidazole rings is 1. The highest BCUT2D eigenvalue weighted by Crippen LogP contribution is 2.33. The molecule has 4 rings (SSSR count). The van der Waals surface area contributed by atoms with Crippen molar-refractivity contribution in [1.82, 2.24) is 14.7 Å². The normalized spacial score (nSPS) is 14.1. The summed E-state index contributed by atoms with van der Waals surface area (Å²) in [6.45, 7) is 7.14. The molecule has 24 heavy (non-hydrogen) atoms. The smallest absolute Gasteiger partial charge is 0.194 e. The van der Waals surface area contributed by atoms with E-state index in [1.807, 2.05) is 11.3 Å². The van der Waals surface area contributed by atoms with E-state index in [0.29, 0.717) is 0 Å². The van der Waals surface area contributed by atoms with Crippen LogP contribution in [0.3, 0.4) is 0 Å². The molecule has 0 fully saturated rings. The highest BCUT2D eigenvalue weighted by molar-refractivity contribution is 7.17. The molecule has 0 saturated heterocycles. The quantitative estimate of drug-likeness (QED) is 0.760. The Balaban J connectivity index is 1.75. The Morgan fingerprint density at radius 3 is 2.83 bits per heavy atom. The van der Waals surface area contributed by atoms with Crippen LogP contribution < -0.4 is 10.1 Å². The number of rotatable bonds is 5. The molecular formula is C19H23N3OS. The van der Waals surface area contributed by atoms with E-state index >= 15 is 0 Å². The SMILES string of the molecule is CCCOc1ccc(-c2nc3sc4c(n3c2CC)CCNC4)cc1. The Labute approximate surface area is 146 Å². The van der Waals surface area contributed by atoms with Crippen LogP contribution in [0.5, 0.6) is 5.75 Å². The first-order valence-electron chi connectivity index (χ1n) is 8.77. The lowest BCUT2D eigenvalue weighted by molar-refractivity contribution is 0.317. The molecule has 1 aliphatic heterocycles. The van der Waals surface area contributed by atoms with E-state index in [1.54, 1.807) is 0 Å². The third-order valence-corrected chi connectivity index (χ3v) is 5.59. The summed E-state index contributed by atoms with van der Waals surface area (Å²) >= 11 is 1.82. The van der Waals surface area contributed by atoms with Crippen LogP contribution in [0, 0.1) is 0 Å².